The molecule has 0 aromatic rings. The highest BCUT2D eigenvalue weighted by Gasteiger charge is 2.00. The van der Waals surface area contributed by atoms with Crippen molar-refractivity contribution in [2.45, 2.75) is 39.2 Å². The summed E-state index contributed by atoms with van der Waals surface area (Å²) in [6.45, 7) is 8.24. The van der Waals surface area contributed by atoms with E-state index in [-0.39, 0.29) is 0 Å². The van der Waals surface area contributed by atoms with Gasteiger partial charge in [0.25, 0.3) is 0 Å². The molecule has 0 aliphatic carbocycles. The maximum absolute atomic E-state index is 6.00. The second-order valence-corrected chi connectivity index (χ2v) is 7.19. The van der Waals surface area contributed by atoms with E-state index < -0.39 is 8.11 Å². The fourth-order valence-corrected chi connectivity index (χ4v) is 2.39. The van der Waals surface area contributed by atoms with E-state index in [1.165, 1.54) is 25.3 Å². The molecule has 0 nitrogen and oxygen atoms in total. The molecular weight excluding hydrogens is 172 g/mol. The van der Waals surface area contributed by atoms with E-state index in [4.69, 9.17) is 11.1 Å². The predicted molar refractivity (Wildman–Crippen MR) is 56.7 cm³/mol. The molecule has 0 saturated carbocycles. The van der Waals surface area contributed by atoms with Crippen LogP contribution in [-0.2, 0) is 0 Å². The molecule has 0 aromatic heterocycles. The summed E-state index contributed by atoms with van der Waals surface area (Å²) < 4.78 is 0. The maximum Gasteiger partial charge on any atom is 0.163 e. The van der Waals surface area contributed by atoms with Crippen LogP contribution in [0.15, 0.2) is 12.3 Å². The first-order valence-corrected chi connectivity index (χ1v) is 7.66. The molecule has 0 spiro atoms. The van der Waals surface area contributed by atoms with Crippen LogP contribution >= 0.6 is 11.1 Å². The van der Waals surface area contributed by atoms with E-state index in [9.17, 15) is 0 Å². The second kappa shape index (κ2) is 6.93. The average Bonchev–Trinajstić information content (AvgIpc) is 1.97. The lowest BCUT2D eigenvalue weighted by Crippen LogP contribution is -1.98. The molecule has 1 unspecified atom stereocenters. The van der Waals surface area contributed by atoms with Gasteiger partial charge in [0.2, 0.25) is 0 Å². The number of unbranched alkanes of at least 4 members (excludes halogenated alkanes) is 1. The zero-order valence-corrected chi connectivity index (χ0v) is 9.56. The SMILES string of the molecule is C=C[SiH](Cl)CCCCC(C)C. The summed E-state index contributed by atoms with van der Waals surface area (Å²) in [5.41, 5.74) is 1.96. The standard InChI is InChI=1S/C9H19ClSi/c1-4-11(10)8-6-5-7-9(2)3/h4,9,11H,1,5-8H2,2-3H3. The summed E-state index contributed by atoms with van der Waals surface area (Å²) in [5.74, 6) is 0.842. The monoisotopic (exact) mass is 190 g/mol. The van der Waals surface area contributed by atoms with Gasteiger partial charge in [0.1, 0.15) is 0 Å². The Hall–Kier alpha value is 0.247. The first kappa shape index (κ1) is 11.2. The van der Waals surface area contributed by atoms with Gasteiger partial charge in [-0.05, 0) is 12.0 Å². The molecule has 0 bridgehead atoms. The Morgan fingerprint density at radius 3 is 2.55 bits per heavy atom. The minimum absolute atomic E-state index is 0.842. The van der Waals surface area contributed by atoms with E-state index in [2.05, 4.69) is 20.4 Å². The summed E-state index contributed by atoms with van der Waals surface area (Å²) in [4.78, 5) is 0. The van der Waals surface area contributed by atoms with Crippen molar-refractivity contribution in [1.82, 2.24) is 0 Å². The van der Waals surface area contributed by atoms with E-state index in [0.717, 1.165) is 5.92 Å². The van der Waals surface area contributed by atoms with Crippen molar-refractivity contribution in [2.24, 2.45) is 5.92 Å². The lowest BCUT2D eigenvalue weighted by molar-refractivity contribution is 0.549. The predicted octanol–water partition coefficient (Wildman–Crippen LogP) is 3.50. The molecule has 1 atom stereocenters. The quantitative estimate of drug-likeness (QED) is 0.342. The zero-order valence-electron chi connectivity index (χ0n) is 7.65. The summed E-state index contributed by atoms with van der Waals surface area (Å²) in [7, 11) is -1.01. The minimum atomic E-state index is -1.01. The molecular formula is C9H19ClSi. The molecule has 0 fully saturated rings. The van der Waals surface area contributed by atoms with Gasteiger partial charge in [-0.25, -0.2) is 0 Å². The average molecular weight is 191 g/mol. The Morgan fingerprint density at radius 2 is 2.09 bits per heavy atom. The third-order valence-corrected chi connectivity index (χ3v) is 4.43. The van der Waals surface area contributed by atoms with Gasteiger partial charge >= 0.3 is 0 Å². The Balaban J connectivity index is 3.07. The highest BCUT2D eigenvalue weighted by Crippen LogP contribution is 2.11. The molecule has 11 heavy (non-hydrogen) atoms. The fraction of sp³-hybridized carbons (Fsp3) is 0.778. The summed E-state index contributed by atoms with van der Waals surface area (Å²) in [5, 5.41) is 0. The topological polar surface area (TPSA) is 0 Å². The van der Waals surface area contributed by atoms with Crippen LogP contribution in [0.25, 0.3) is 0 Å². The lowest BCUT2D eigenvalue weighted by atomic mass is 10.1. The van der Waals surface area contributed by atoms with Crippen LogP contribution in [0.4, 0.5) is 0 Å². The van der Waals surface area contributed by atoms with E-state index in [1.807, 2.05) is 5.70 Å². The van der Waals surface area contributed by atoms with E-state index in [0.29, 0.717) is 0 Å². The van der Waals surface area contributed by atoms with Crippen LogP contribution in [0.1, 0.15) is 33.1 Å². The van der Waals surface area contributed by atoms with Crippen molar-refractivity contribution >= 4 is 19.2 Å². The normalized spacial score (nSPS) is 13.5. The molecule has 0 amide bonds. The van der Waals surface area contributed by atoms with Crippen molar-refractivity contribution < 1.29 is 0 Å². The van der Waals surface area contributed by atoms with Crippen LogP contribution in [0, 0.1) is 5.92 Å². The molecule has 0 aliphatic heterocycles. The molecule has 0 N–H and O–H groups in total. The van der Waals surface area contributed by atoms with Gasteiger partial charge in [0.15, 0.2) is 8.11 Å². The minimum Gasteiger partial charge on any atom is -0.166 e. The van der Waals surface area contributed by atoms with Crippen molar-refractivity contribution in [3.63, 3.8) is 0 Å². The molecule has 0 aliphatic rings. The Labute approximate surface area is 77.0 Å². The molecule has 0 rings (SSSR count). The Bertz CT molecular complexity index is 102. The van der Waals surface area contributed by atoms with Crippen molar-refractivity contribution in [3.8, 4) is 0 Å². The lowest BCUT2D eigenvalue weighted by Gasteiger charge is -2.04. The zero-order chi connectivity index (χ0) is 8.69. The van der Waals surface area contributed by atoms with Gasteiger partial charge < -0.3 is 0 Å². The Kier molecular flexibility index (Phi) is 7.08. The van der Waals surface area contributed by atoms with Crippen molar-refractivity contribution in [1.29, 1.82) is 0 Å². The van der Waals surface area contributed by atoms with Crippen LogP contribution < -0.4 is 0 Å². The van der Waals surface area contributed by atoms with Crippen LogP contribution in [0.5, 0.6) is 0 Å². The first-order chi connectivity index (χ1) is 5.16. The van der Waals surface area contributed by atoms with Gasteiger partial charge in [-0.1, -0.05) is 38.8 Å². The van der Waals surface area contributed by atoms with Gasteiger partial charge in [-0.2, -0.15) is 11.1 Å². The number of rotatable bonds is 6. The van der Waals surface area contributed by atoms with Crippen molar-refractivity contribution in [2.75, 3.05) is 0 Å². The van der Waals surface area contributed by atoms with Crippen LogP contribution in [0.2, 0.25) is 6.04 Å². The van der Waals surface area contributed by atoms with E-state index >= 15 is 0 Å². The number of hydrogen-bond acceptors (Lipinski definition) is 0. The van der Waals surface area contributed by atoms with Crippen LogP contribution in [0.3, 0.4) is 0 Å². The highest BCUT2D eigenvalue weighted by molar-refractivity contribution is 7.09. The third kappa shape index (κ3) is 8.15. The van der Waals surface area contributed by atoms with Crippen molar-refractivity contribution in [3.05, 3.63) is 12.3 Å². The summed E-state index contributed by atoms with van der Waals surface area (Å²) in [6.07, 6.45) is 3.97. The van der Waals surface area contributed by atoms with Gasteiger partial charge in [-0.15, -0.1) is 6.58 Å². The summed E-state index contributed by atoms with van der Waals surface area (Å²) in [6, 6.07) is 1.22. The first-order valence-electron chi connectivity index (χ1n) is 4.43. The summed E-state index contributed by atoms with van der Waals surface area (Å²) >= 11 is 6.00. The number of halogens is 1. The van der Waals surface area contributed by atoms with Crippen LogP contribution in [-0.4, -0.2) is 8.11 Å². The molecule has 2 heteroatoms. The van der Waals surface area contributed by atoms with Gasteiger partial charge in [0.05, 0.1) is 0 Å². The fourth-order valence-electron chi connectivity index (χ4n) is 1.01. The molecule has 0 saturated heterocycles. The molecule has 0 heterocycles. The molecule has 0 aromatic carbocycles. The second-order valence-electron chi connectivity index (χ2n) is 3.43. The maximum atomic E-state index is 6.00. The smallest absolute Gasteiger partial charge is 0.163 e. The van der Waals surface area contributed by atoms with E-state index in [1.54, 1.807) is 0 Å². The molecule has 66 valence electrons. The third-order valence-electron chi connectivity index (χ3n) is 1.77. The number of hydrogen-bond donors (Lipinski definition) is 0. The molecule has 0 radical (unpaired) electrons. The largest absolute Gasteiger partial charge is 0.166 e. The van der Waals surface area contributed by atoms with Gasteiger partial charge in [0, 0.05) is 0 Å². The van der Waals surface area contributed by atoms with Gasteiger partial charge in [-0.3, -0.25) is 0 Å². The Morgan fingerprint density at radius 1 is 1.45 bits per heavy atom. The highest BCUT2D eigenvalue weighted by atomic mass is 35.6.